The van der Waals surface area contributed by atoms with E-state index in [1.165, 1.54) is 6.92 Å². The number of ether oxygens (including phenoxy) is 4. The van der Waals surface area contributed by atoms with Crippen LogP contribution >= 0.6 is 0 Å². The van der Waals surface area contributed by atoms with E-state index in [1.807, 2.05) is 45.9 Å². The van der Waals surface area contributed by atoms with Crippen molar-refractivity contribution in [3.8, 4) is 0 Å². The summed E-state index contributed by atoms with van der Waals surface area (Å²) in [5, 5.41) is 24.1. The molecule has 0 aromatic rings. The normalized spacial score (nSPS) is 33.3. The highest BCUT2D eigenvalue weighted by Gasteiger charge is 2.45. The number of amides is 1. The quantitative estimate of drug-likeness (QED) is 0.0987. The molecule has 3 heterocycles. The van der Waals surface area contributed by atoms with E-state index < -0.39 is 41.9 Å². The van der Waals surface area contributed by atoms with Crippen molar-refractivity contribution < 1.29 is 43.5 Å². The van der Waals surface area contributed by atoms with Gasteiger partial charge in [0.25, 0.3) is 0 Å². The topological polar surface area (TPSA) is 147 Å². The number of esters is 2. The molecule has 2 fully saturated rings. The van der Waals surface area contributed by atoms with Gasteiger partial charge in [0.15, 0.2) is 6.10 Å². The number of nitrogens with zero attached hydrogens (tertiary/aromatic N) is 1. The van der Waals surface area contributed by atoms with Crippen LogP contribution in [0.25, 0.3) is 0 Å². The minimum atomic E-state index is -1.27. The number of nitrogens with one attached hydrogen (secondary N) is 1. The van der Waals surface area contributed by atoms with Gasteiger partial charge < -0.3 is 39.4 Å². The molecular formula is C36H60N2O9. The number of rotatable bonds is 10. The first-order chi connectivity index (χ1) is 21.7. The lowest BCUT2D eigenvalue weighted by Gasteiger charge is -2.37. The summed E-state index contributed by atoms with van der Waals surface area (Å²) in [5.74, 6) is -1.06. The van der Waals surface area contributed by atoms with Crippen LogP contribution in [0.15, 0.2) is 36.0 Å². The molecule has 0 aromatic heterocycles. The average Bonchev–Trinajstić information content (AvgIpc) is 3.77. The highest BCUT2D eigenvalue weighted by atomic mass is 16.6. The standard InChI is InChI=1S/C35H56N2O9.CH4/c1-8-28(40)25(5)33-29(43-33)20-22(2)10-9-11-23(3)32-24(4)12-13-30(44-34(42)37-18-16-36-17-19-37)35(7,46-26(6)38)15-14-27(39)21-31(41)45-32;/h9-13,22,24-25,27-30,32-33,36,39-40H,8,14-21H2,1-7H3;1H4/b10-9+,13-12+,23-11+;/t22-,24+,25-,27-,28+,29-,30+,32-,33-,35-;/m1./s1. The highest BCUT2D eigenvalue weighted by molar-refractivity contribution is 5.71. The van der Waals surface area contributed by atoms with Crippen LogP contribution in [0.2, 0.25) is 0 Å². The van der Waals surface area contributed by atoms with Gasteiger partial charge in [-0.2, -0.15) is 0 Å². The molecule has 3 aliphatic heterocycles. The predicted molar refractivity (Wildman–Crippen MR) is 180 cm³/mol. The van der Waals surface area contributed by atoms with Crippen molar-refractivity contribution >= 4 is 18.0 Å². The third-order valence-electron chi connectivity index (χ3n) is 9.30. The molecule has 11 nitrogen and oxygen atoms in total. The predicted octanol–water partition coefficient (Wildman–Crippen LogP) is 4.71. The summed E-state index contributed by atoms with van der Waals surface area (Å²) in [6.45, 7) is 15.2. The number of hydrogen-bond donors (Lipinski definition) is 3. The van der Waals surface area contributed by atoms with Gasteiger partial charge in [0.2, 0.25) is 0 Å². The number of cyclic esters (lactones) is 1. The molecule has 0 radical (unpaired) electrons. The van der Waals surface area contributed by atoms with Gasteiger partial charge >= 0.3 is 18.0 Å². The second-order valence-corrected chi connectivity index (χ2v) is 13.5. The van der Waals surface area contributed by atoms with Crippen LogP contribution in [-0.4, -0.2) is 102 Å². The van der Waals surface area contributed by atoms with E-state index in [4.69, 9.17) is 18.9 Å². The molecule has 3 rings (SSSR count). The van der Waals surface area contributed by atoms with Crippen molar-refractivity contribution in [1.82, 2.24) is 10.2 Å². The van der Waals surface area contributed by atoms with Crippen LogP contribution in [0.1, 0.15) is 88.0 Å². The molecule has 47 heavy (non-hydrogen) atoms. The minimum Gasteiger partial charge on any atom is -0.457 e. The zero-order valence-corrected chi connectivity index (χ0v) is 28.6. The van der Waals surface area contributed by atoms with Crippen molar-refractivity contribution in [2.75, 3.05) is 26.2 Å². The number of carbonyl (C=O) groups excluding carboxylic acids is 3. The van der Waals surface area contributed by atoms with E-state index in [0.29, 0.717) is 32.6 Å². The number of carbonyl (C=O) groups is 3. The fraction of sp³-hybridized carbons (Fsp3) is 0.750. The summed E-state index contributed by atoms with van der Waals surface area (Å²) in [6, 6.07) is 0. The van der Waals surface area contributed by atoms with E-state index >= 15 is 0 Å². The van der Waals surface area contributed by atoms with Crippen molar-refractivity contribution in [2.24, 2.45) is 17.8 Å². The Morgan fingerprint density at radius 3 is 2.53 bits per heavy atom. The maximum absolute atomic E-state index is 13.2. The summed E-state index contributed by atoms with van der Waals surface area (Å²) in [7, 11) is 0. The first-order valence-corrected chi connectivity index (χ1v) is 16.8. The fourth-order valence-electron chi connectivity index (χ4n) is 6.24. The lowest BCUT2D eigenvalue weighted by atomic mass is 9.88. The molecule has 268 valence electrons. The highest BCUT2D eigenvalue weighted by Crippen LogP contribution is 2.36. The first-order valence-electron chi connectivity index (χ1n) is 16.8. The molecule has 0 aliphatic carbocycles. The van der Waals surface area contributed by atoms with Gasteiger partial charge in [0.1, 0.15) is 11.7 Å². The Labute approximate surface area is 281 Å². The third-order valence-corrected chi connectivity index (χ3v) is 9.30. The Morgan fingerprint density at radius 2 is 1.89 bits per heavy atom. The second kappa shape index (κ2) is 18.7. The van der Waals surface area contributed by atoms with Gasteiger partial charge in [-0.15, -0.1) is 0 Å². The molecule has 10 atom stereocenters. The Morgan fingerprint density at radius 1 is 1.21 bits per heavy atom. The van der Waals surface area contributed by atoms with Crippen LogP contribution in [0.5, 0.6) is 0 Å². The first kappa shape index (κ1) is 40.4. The third kappa shape index (κ3) is 12.3. The number of epoxide rings is 1. The maximum Gasteiger partial charge on any atom is 0.410 e. The van der Waals surface area contributed by atoms with Crippen molar-refractivity contribution in [2.45, 2.75) is 130 Å². The summed E-state index contributed by atoms with van der Waals surface area (Å²) < 4.78 is 23.5. The van der Waals surface area contributed by atoms with Crippen LogP contribution < -0.4 is 5.32 Å². The summed E-state index contributed by atoms with van der Waals surface area (Å²) in [6.07, 6.45) is 7.84. The summed E-state index contributed by atoms with van der Waals surface area (Å²) in [5.41, 5.74) is -0.468. The van der Waals surface area contributed by atoms with Gasteiger partial charge in [0.05, 0.1) is 30.8 Å². The molecule has 3 aliphatic rings. The van der Waals surface area contributed by atoms with Gasteiger partial charge in [0, 0.05) is 44.9 Å². The molecule has 0 saturated carbocycles. The molecule has 1 amide bonds. The molecular weight excluding hydrogens is 604 g/mol. The molecule has 0 spiro atoms. The number of hydrogen-bond acceptors (Lipinski definition) is 10. The molecule has 3 N–H and O–H groups in total. The van der Waals surface area contributed by atoms with E-state index in [-0.39, 0.29) is 62.8 Å². The van der Waals surface area contributed by atoms with Crippen molar-refractivity contribution in [1.29, 1.82) is 0 Å². The fourth-order valence-corrected chi connectivity index (χ4v) is 6.24. The number of piperazine rings is 1. The van der Waals surface area contributed by atoms with E-state index in [9.17, 15) is 24.6 Å². The van der Waals surface area contributed by atoms with Gasteiger partial charge in [-0.25, -0.2) is 4.79 Å². The molecule has 2 saturated heterocycles. The lowest BCUT2D eigenvalue weighted by Crippen LogP contribution is -2.51. The number of aliphatic hydroxyl groups is 2. The summed E-state index contributed by atoms with van der Waals surface area (Å²) in [4.78, 5) is 39.9. The second-order valence-electron chi connectivity index (χ2n) is 13.5. The molecule has 0 unspecified atom stereocenters. The van der Waals surface area contributed by atoms with Crippen molar-refractivity contribution in [3.05, 3.63) is 36.0 Å². The van der Waals surface area contributed by atoms with Crippen LogP contribution in [0, 0.1) is 17.8 Å². The Bertz CT molecular complexity index is 1120. The Balaban J connectivity index is 0.00000768. The maximum atomic E-state index is 13.2. The van der Waals surface area contributed by atoms with E-state index in [1.54, 1.807) is 17.9 Å². The Kier molecular flexibility index (Phi) is 16.1. The number of aliphatic hydroxyl groups excluding tert-OH is 2. The monoisotopic (exact) mass is 664 g/mol. The molecule has 0 aromatic carbocycles. The van der Waals surface area contributed by atoms with Crippen LogP contribution in [-0.2, 0) is 28.5 Å². The molecule has 0 bridgehead atoms. The molecule has 11 heteroatoms. The largest absolute Gasteiger partial charge is 0.457 e. The summed E-state index contributed by atoms with van der Waals surface area (Å²) >= 11 is 0. The Hall–Kier alpha value is -2.73. The number of allylic oxidation sites excluding steroid dienone is 3. The van der Waals surface area contributed by atoms with E-state index in [2.05, 4.69) is 18.3 Å². The zero-order chi connectivity index (χ0) is 34.0. The smallest absolute Gasteiger partial charge is 0.410 e. The average molecular weight is 665 g/mol. The van der Waals surface area contributed by atoms with Crippen LogP contribution in [0.4, 0.5) is 4.79 Å². The minimum absolute atomic E-state index is 0. The van der Waals surface area contributed by atoms with Gasteiger partial charge in [-0.1, -0.05) is 59.4 Å². The zero-order valence-electron chi connectivity index (χ0n) is 28.6. The van der Waals surface area contributed by atoms with Gasteiger partial charge in [-0.05, 0) is 57.1 Å². The van der Waals surface area contributed by atoms with Crippen molar-refractivity contribution in [3.63, 3.8) is 0 Å². The van der Waals surface area contributed by atoms with E-state index in [0.717, 1.165) is 12.0 Å². The SMILES string of the molecule is C.CC[C@H](O)[C@@H](C)[C@H]1O[C@@H]1C[C@H](C)/C=C/C=C(\C)[C@H]1OC(=O)C[C@H](O)CC[C@@](C)(OC(C)=O)[C@@H](OC(=O)N2CCNCC2)/C=C/[C@@H]1C. The van der Waals surface area contributed by atoms with Crippen LogP contribution in [0.3, 0.4) is 0 Å². The lowest BCUT2D eigenvalue weighted by molar-refractivity contribution is -0.168. The van der Waals surface area contributed by atoms with Gasteiger partial charge in [-0.3, -0.25) is 9.59 Å².